The molecule has 1 unspecified atom stereocenters. The maximum atomic E-state index is 9.04. The van der Waals surface area contributed by atoms with E-state index in [2.05, 4.69) is 18.4 Å². The van der Waals surface area contributed by atoms with Gasteiger partial charge in [-0.15, -0.1) is 0 Å². The van der Waals surface area contributed by atoms with Crippen molar-refractivity contribution >= 4 is 0 Å². The Labute approximate surface area is 56.4 Å². The predicted octanol–water partition coefficient (Wildman–Crippen LogP) is 1.19. The molecule has 0 aliphatic rings. The van der Waals surface area contributed by atoms with E-state index in [1.807, 2.05) is 13.8 Å². The van der Waals surface area contributed by atoms with Gasteiger partial charge in [-0.1, -0.05) is 32.3 Å². The lowest BCUT2D eigenvalue weighted by Crippen LogP contribution is -2.10. The van der Waals surface area contributed by atoms with Crippen LogP contribution in [-0.4, -0.2) is 11.2 Å². The Balaban J connectivity index is 3.74. The Morgan fingerprint density at radius 1 is 1.56 bits per heavy atom. The molecule has 1 N–H and O–H groups in total. The fourth-order valence-corrected chi connectivity index (χ4v) is 0.311. The van der Waals surface area contributed by atoms with Gasteiger partial charge < -0.3 is 5.11 Å². The standard InChI is InChI=1S/C8H12O/c1-4-5-6-8(9)7(2)3/h4,7-9H,1H2,2-3H3. The molecular weight excluding hydrogens is 112 g/mol. The van der Waals surface area contributed by atoms with Gasteiger partial charge >= 0.3 is 0 Å². The van der Waals surface area contributed by atoms with E-state index in [4.69, 9.17) is 5.11 Å². The normalized spacial score (nSPS) is 12.0. The van der Waals surface area contributed by atoms with Gasteiger partial charge in [0.1, 0.15) is 6.10 Å². The van der Waals surface area contributed by atoms with Crippen molar-refractivity contribution in [3.63, 3.8) is 0 Å². The molecule has 0 heterocycles. The highest BCUT2D eigenvalue weighted by atomic mass is 16.3. The minimum atomic E-state index is -0.511. The van der Waals surface area contributed by atoms with Crippen molar-refractivity contribution in [3.05, 3.63) is 12.7 Å². The molecule has 0 aliphatic carbocycles. The SMILES string of the molecule is C=CC#CC(O)C(C)C. The Bertz CT molecular complexity index is 136. The van der Waals surface area contributed by atoms with Crippen LogP contribution in [-0.2, 0) is 0 Å². The lowest BCUT2D eigenvalue weighted by Gasteiger charge is -2.04. The summed E-state index contributed by atoms with van der Waals surface area (Å²) in [5.41, 5.74) is 0. The zero-order valence-corrected chi connectivity index (χ0v) is 5.89. The molecule has 9 heavy (non-hydrogen) atoms. The zero-order chi connectivity index (χ0) is 7.28. The average molecular weight is 124 g/mol. The number of aliphatic hydroxyl groups excluding tert-OH is 1. The van der Waals surface area contributed by atoms with E-state index >= 15 is 0 Å². The summed E-state index contributed by atoms with van der Waals surface area (Å²) in [6, 6.07) is 0. The van der Waals surface area contributed by atoms with Crippen LogP contribution in [0.5, 0.6) is 0 Å². The molecule has 0 spiro atoms. The molecule has 0 amide bonds. The fraction of sp³-hybridized carbons (Fsp3) is 0.500. The summed E-state index contributed by atoms with van der Waals surface area (Å²) in [7, 11) is 0. The summed E-state index contributed by atoms with van der Waals surface area (Å²) in [4.78, 5) is 0. The van der Waals surface area contributed by atoms with Gasteiger partial charge in [0.15, 0.2) is 0 Å². The number of rotatable bonds is 1. The summed E-state index contributed by atoms with van der Waals surface area (Å²) in [5, 5.41) is 9.04. The lowest BCUT2D eigenvalue weighted by molar-refractivity contribution is 0.181. The van der Waals surface area contributed by atoms with E-state index in [0.717, 1.165) is 0 Å². The first-order valence-corrected chi connectivity index (χ1v) is 2.98. The Kier molecular flexibility index (Phi) is 3.83. The van der Waals surface area contributed by atoms with Crippen molar-refractivity contribution in [2.45, 2.75) is 20.0 Å². The Morgan fingerprint density at radius 3 is 2.44 bits per heavy atom. The van der Waals surface area contributed by atoms with Gasteiger partial charge in [-0.05, 0) is 12.0 Å². The van der Waals surface area contributed by atoms with Gasteiger partial charge in [0.2, 0.25) is 0 Å². The van der Waals surface area contributed by atoms with Crippen LogP contribution in [0.1, 0.15) is 13.8 Å². The van der Waals surface area contributed by atoms with Gasteiger partial charge in [-0.3, -0.25) is 0 Å². The van der Waals surface area contributed by atoms with Gasteiger partial charge in [-0.2, -0.15) is 0 Å². The van der Waals surface area contributed by atoms with E-state index in [1.54, 1.807) is 0 Å². The molecule has 1 atom stereocenters. The zero-order valence-electron chi connectivity index (χ0n) is 5.89. The van der Waals surface area contributed by atoms with E-state index in [9.17, 15) is 0 Å². The molecule has 0 fully saturated rings. The van der Waals surface area contributed by atoms with E-state index in [-0.39, 0.29) is 5.92 Å². The summed E-state index contributed by atoms with van der Waals surface area (Å²) < 4.78 is 0. The maximum absolute atomic E-state index is 9.04. The smallest absolute Gasteiger partial charge is 0.117 e. The summed E-state index contributed by atoms with van der Waals surface area (Å²) in [6.07, 6.45) is 0.967. The highest BCUT2D eigenvalue weighted by molar-refractivity contribution is 5.15. The van der Waals surface area contributed by atoms with Gasteiger partial charge in [0, 0.05) is 0 Å². The molecule has 50 valence electrons. The maximum Gasteiger partial charge on any atom is 0.117 e. The summed E-state index contributed by atoms with van der Waals surface area (Å²) in [6.45, 7) is 7.25. The van der Waals surface area contributed by atoms with Crippen LogP contribution in [0, 0.1) is 17.8 Å². The number of hydrogen-bond acceptors (Lipinski definition) is 1. The van der Waals surface area contributed by atoms with E-state index < -0.39 is 6.10 Å². The number of aliphatic hydroxyl groups is 1. The molecule has 1 heteroatoms. The monoisotopic (exact) mass is 124 g/mol. The summed E-state index contributed by atoms with van der Waals surface area (Å²) >= 11 is 0. The number of allylic oxidation sites excluding steroid dienone is 1. The third-order valence-corrected chi connectivity index (χ3v) is 0.965. The second kappa shape index (κ2) is 4.17. The lowest BCUT2D eigenvalue weighted by atomic mass is 10.1. The van der Waals surface area contributed by atoms with Crippen molar-refractivity contribution in [2.24, 2.45) is 5.92 Å². The molecule has 0 aromatic carbocycles. The first-order chi connectivity index (χ1) is 4.18. The fourth-order valence-electron chi connectivity index (χ4n) is 0.311. The second-order valence-corrected chi connectivity index (χ2v) is 2.18. The molecule has 0 saturated carbocycles. The first-order valence-electron chi connectivity index (χ1n) is 2.98. The second-order valence-electron chi connectivity index (χ2n) is 2.18. The van der Waals surface area contributed by atoms with Crippen LogP contribution in [0.15, 0.2) is 12.7 Å². The van der Waals surface area contributed by atoms with Crippen molar-refractivity contribution in [1.82, 2.24) is 0 Å². The van der Waals surface area contributed by atoms with Crippen molar-refractivity contribution in [1.29, 1.82) is 0 Å². The van der Waals surface area contributed by atoms with Crippen LogP contribution in [0.25, 0.3) is 0 Å². The highest BCUT2D eigenvalue weighted by Crippen LogP contribution is 1.97. The Morgan fingerprint density at radius 2 is 2.11 bits per heavy atom. The molecule has 1 nitrogen and oxygen atoms in total. The minimum Gasteiger partial charge on any atom is -0.380 e. The molecule has 0 aromatic rings. The topological polar surface area (TPSA) is 20.2 Å². The third-order valence-electron chi connectivity index (χ3n) is 0.965. The molecule has 0 aliphatic heterocycles. The van der Waals surface area contributed by atoms with Crippen LogP contribution in [0.3, 0.4) is 0 Å². The van der Waals surface area contributed by atoms with Crippen LogP contribution >= 0.6 is 0 Å². The first kappa shape index (κ1) is 8.26. The molecule has 0 radical (unpaired) electrons. The molecule has 0 saturated heterocycles. The average Bonchev–Trinajstić information content (AvgIpc) is 1.82. The van der Waals surface area contributed by atoms with Crippen molar-refractivity contribution in [3.8, 4) is 11.8 Å². The van der Waals surface area contributed by atoms with Crippen molar-refractivity contribution in [2.75, 3.05) is 0 Å². The molecular formula is C8H12O. The van der Waals surface area contributed by atoms with E-state index in [0.29, 0.717) is 0 Å². The minimum absolute atomic E-state index is 0.206. The largest absolute Gasteiger partial charge is 0.380 e. The van der Waals surface area contributed by atoms with E-state index in [1.165, 1.54) is 6.08 Å². The van der Waals surface area contributed by atoms with Gasteiger partial charge in [0.25, 0.3) is 0 Å². The highest BCUT2D eigenvalue weighted by Gasteiger charge is 2.02. The predicted molar refractivity (Wildman–Crippen MR) is 38.8 cm³/mol. The Hall–Kier alpha value is -0.740. The van der Waals surface area contributed by atoms with Crippen LogP contribution in [0.2, 0.25) is 0 Å². The molecule has 0 aromatic heterocycles. The van der Waals surface area contributed by atoms with Gasteiger partial charge in [-0.25, -0.2) is 0 Å². The van der Waals surface area contributed by atoms with Crippen molar-refractivity contribution < 1.29 is 5.11 Å². The van der Waals surface area contributed by atoms with Crippen LogP contribution < -0.4 is 0 Å². The number of hydrogen-bond donors (Lipinski definition) is 1. The third kappa shape index (κ3) is 3.81. The quantitative estimate of drug-likeness (QED) is 0.521. The van der Waals surface area contributed by atoms with Gasteiger partial charge in [0.05, 0.1) is 0 Å². The summed E-state index contributed by atoms with van der Waals surface area (Å²) in [5.74, 6) is 5.42. The molecule has 0 rings (SSSR count). The van der Waals surface area contributed by atoms with Crippen LogP contribution in [0.4, 0.5) is 0 Å². The molecule has 0 bridgehead atoms.